The minimum Gasteiger partial charge on any atom is -0.497 e. The molecule has 0 saturated carbocycles. The summed E-state index contributed by atoms with van der Waals surface area (Å²) in [6.07, 6.45) is 5.88. The Kier molecular flexibility index (Phi) is 11.6. The van der Waals surface area contributed by atoms with Crippen molar-refractivity contribution in [2.45, 2.75) is 45.1 Å². The van der Waals surface area contributed by atoms with Gasteiger partial charge in [-0.25, -0.2) is 0 Å². The fourth-order valence-corrected chi connectivity index (χ4v) is 4.21. The summed E-state index contributed by atoms with van der Waals surface area (Å²) in [5.74, 6) is 1.74. The Morgan fingerprint density at radius 1 is 0.971 bits per heavy atom. The van der Waals surface area contributed by atoms with Gasteiger partial charge in [0.05, 0.1) is 13.7 Å². The summed E-state index contributed by atoms with van der Waals surface area (Å²) in [7, 11) is 1.63. The molecule has 1 heterocycles. The van der Waals surface area contributed by atoms with Crippen molar-refractivity contribution in [3.05, 3.63) is 54.1 Å². The molecule has 35 heavy (non-hydrogen) atoms. The first-order chi connectivity index (χ1) is 17.1. The number of thiocarbonyl (C=S) groups is 1. The lowest BCUT2D eigenvalue weighted by atomic mass is 10.1. The van der Waals surface area contributed by atoms with Crippen LogP contribution < -0.4 is 25.4 Å². The zero-order chi connectivity index (χ0) is 24.7. The van der Waals surface area contributed by atoms with Gasteiger partial charge < -0.3 is 25.4 Å². The van der Waals surface area contributed by atoms with E-state index < -0.39 is 0 Å². The molecular formula is C27H38N4O3S. The Morgan fingerprint density at radius 3 is 2.51 bits per heavy atom. The number of hydrogen-bond acceptors (Lipinski definition) is 5. The zero-order valence-corrected chi connectivity index (χ0v) is 21.5. The lowest BCUT2D eigenvalue weighted by Crippen LogP contribution is -2.31. The molecule has 0 aromatic heterocycles. The number of benzene rings is 2. The molecule has 1 amide bonds. The van der Waals surface area contributed by atoms with E-state index >= 15 is 0 Å². The van der Waals surface area contributed by atoms with Gasteiger partial charge >= 0.3 is 0 Å². The fraction of sp³-hybridized carbons (Fsp3) is 0.481. The third kappa shape index (κ3) is 10.5. The Balaban J connectivity index is 1.21. The number of piperidine rings is 1. The quantitative estimate of drug-likeness (QED) is 0.280. The molecule has 8 heteroatoms. The monoisotopic (exact) mass is 498 g/mol. The smallest absolute Gasteiger partial charge is 0.220 e. The van der Waals surface area contributed by atoms with Gasteiger partial charge in [0.2, 0.25) is 5.91 Å². The van der Waals surface area contributed by atoms with Crippen LogP contribution in [0.15, 0.2) is 48.5 Å². The van der Waals surface area contributed by atoms with Crippen molar-refractivity contribution in [2.24, 2.45) is 0 Å². The van der Waals surface area contributed by atoms with Gasteiger partial charge in [-0.15, -0.1) is 0 Å². The minimum absolute atomic E-state index is 0.0457. The van der Waals surface area contributed by atoms with Crippen molar-refractivity contribution in [3.63, 3.8) is 0 Å². The second-order valence-electron chi connectivity index (χ2n) is 8.75. The molecule has 0 unspecified atom stereocenters. The van der Waals surface area contributed by atoms with Gasteiger partial charge in [-0.3, -0.25) is 9.69 Å². The van der Waals surface area contributed by atoms with Crippen LogP contribution in [0.5, 0.6) is 11.5 Å². The second-order valence-corrected chi connectivity index (χ2v) is 9.16. The Morgan fingerprint density at radius 2 is 1.74 bits per heavy atom. The number of likely N-dealkylation sites (tertiary alicyclic amines) is 1. The van der Waals surface area contributed by atoms with Crippen LogP contribution in [0.4, 0.5) is 5.69 Å². The molecule has 3 rings (SSSR count). The van der Waals surface area contributed by atoms with Crippen molar-refractivity contribution >= 4 is 28.9 Å². The SMILES string of the molecule is COc1ccc(NC(=S)NCCCC(=O)NCCCOc2cccc(CN3CCCCC3)c2)cc1. The van der Waals surface area contributed by atoms with E-state index in [1.54, 1.807) is 7.11 Å². The molecule has 0 radical (unpaired) electrons. The molecule has 1 aliphatic rings. The van der Waals surface area contributed by atoms with Gasteiger partial charge in [0.25, 0.3) is 0 Å². The topological polar surface area (TPSA) is 74.9 Å². The number of amides is 1. The molecule has 2 aromatic rings. The van der Waals surface area contributed by atoms with E-state index in [0.29, 0.717) is 37.7 Å². The molecule has 0 spiro atoms. The van der Waals surface area contributed by atoms with Crippen molar-refractivity contribution in [2.75, 3.05) is 45.2 Å². The zero-order valence-electron chi connectivity index (χ0n) is 20.7. The molecule has 190 valence electrons. The number of rotatable bonds is 13. The first kappa shape index (κ1) is 26.8. The van der Waals surface area contributed by atoms with Crippen molar-refractivity contribution in [1.82, 2.24) is 15.5 Å². The second kappa shape index (κ2) is 15.2. The van der Waals surface area contributed by atoms with Crippen LogP contribution in [0, 0.1) is 0 Å². The summed E-state index contributed by atoms with van der Waals surface area (Å²) in [5, 5.41) is 9.74. The molecule has 0 bridgehead atoms. The Labute approximate surface area is 214 Å². The number of anilines is 1. The number of hydrogen-bond donors (Lipinski definition) is 3. The first-order valence-corrected chi connectivity index (χ1v) is 12.9. The number of nitrogens with zero attached hydrogens (tertiary/aromatic N) is 1. The number of ether oxygens (including phenoxy) is 2. The molecule has 3 N–H and O–H groups in total. The summed E-state index contributed by atoms with van der Waals surface area (Å²) < 4.78 is 11.0. The van der Waals surface area contributed by atoms with E-state index in [9.17, 15) is 4.79 Å². The number of methoxy groups -OCH3 is 1. The average molecular weight is 499 g/mol. The van der Waals surface area contributed by atoms with Gasteiger partial charge in [0.1, 0.15) is 11.5 Å². The van der Waals surface area contributed by atoms with Gasteiger partial charge in [-0.1, -0.05) is 18.6 Å². The van der Waals surface area contributed by atoms with Crippen LogP contribution in [-0.4, -0.2) is 55.8 Å². The lowest BCUT2D eigenvalue weighted by Gasteiger charge is -2.26. The predicted molar refractivity (Wildman–Crippen MR) is 145 cm³/mol. The summed E-state index contributed by atoms with van der Waals surface area (Å²) in [6, 6.07) is 15.9. The van der Waals surface area contributed by atoms with Crippen LogP contribution >= 0.6 is 12.2 Å². The van der Waals surface area contributed by atoms with Crippen LogP contribution in [0.3, 0.4) is 0 Å². The van der Waals surface area contributed by atoms with Gasteiger partial charge in [-0.2, -0.15) is 0 Å². The van der Waals surface area contributed by atoms with Crippen molar-refractivity contribution < 1.29 is 14.3 Å². The molecule has 1 aliphatic heterocycles. The van der Waals surface area contributed by atoms with E-state index in [1.165, 1.54) is 37.9 Å². The van der Waals surface area contributed by atoms with E-state index in [1.807, 2.05) is 30.3 Å². The van der Waals surface area contributed by atoms with Gasteiger partial charge in [-0.05, 0) is 93.0 Å². The highest BCUT2D eigenvalue weighted by molar-refractivity contribution is 7.80. The number of carbonyl (C=O) groups is 1. The molecule has 0 atom stereocenters. The number of carbonyl (C=O) groups excluding carboxylic acids is 1. The van der Waals surface area contributed by atoms with Gasteiger partial charge in [0.15, 0.2) is 5.11 Å². The first-order valence-electron chi connectivity index (χ1n) is 12.5. The van der Waals surface area contributed by atoms with Crippen LogP contribution in [0.1, 0.15) is 44.1 Å². The maximum Gasteiger partial charge on any atom is 0.220 e. The van der Waals surface area contributed by atoms with Crippen LogP contribution in [-0.2, 0) is 11.3 Å². The molecular weight excluding hydrogens is 460 g/mol. The molecule has 7 nitrogen and oxygen atoms in total. The van der Waals surface area contributed by atoms with E-state index in [4.69, 9.17) is 21.7 Å². The third-order valence-electron chi connectivity index (χ3n) is 5.88. The summed E-state index contributed by atoms with van der Waals surface area (Å²) in [4.78, 5) is 14.6. The molecule has 0 aliphatic carbocycles. The van der Waals surface area contributed by atoms with E-state index in [-0.39, 0.29) is 5.91 Å². The molecule has 1 fully saturated rings. The van der Waals surface area contributed by atoms with Crippen LogP contribution in [0.2, 0.25) is 0 Å². The van der Waals surface area contributed by atoms with Crippen LogP contribution in [0.25, 0.3) is 0 Å². The van der Waals surface area contributed by atoms with Gasteiger partial charge in [0, 0.05) is 31.7 Å². The lowest BCUT2D eigenvalue weighted by molar-refractivity contribution is -0.121. The number of nitrogens with one attached hydrogen (secondary N) is 3. The highest BCUT2D eigenvalue weighted by Gasteiger charge is 2.10. The molecule has 2 aromatic carbocycles. The van der Waals surface area contributed by atoms with Crippen molar-refractivity contribution in [3.8, 4) is 11.5 Å². The summed E-state index contributed by atoms with van der Waals surface area (Å²) in [6.45, 7) is 5.19. The standard InChI is InChI=1S/C27H38N4O3S/c1-33-24-13-11-23(12-14-24)30-27(35)29-15-6-10-26(32)28-16-7-19-34-25-9-5-8-22(20-25)21-31-17-3-2-4-18-31/h5,8-9,11-14,20H,2-4,6-7,10,15-19,21H2,1H3,(H,28,32)(H2,29,30,35). The Bertz CT molecular complexity index is 917. The highest BCUT2D eigenvalue weighted by Crippen LogP contribution is 2.18. The average Bonchev–Trinajstić information content (AvgIpc) is 2.88. The van der Waals surface area contributed by atoms with Crippen molar-refractivity contribution in [1.29, 1.82) is 0 Å². The normalized spacial score (nSPS) is 13.6. The summed E-state index contributed by atoms with van der Waals surface area (Å²) in [5.41, 5.74) is 2.18. The maximum absolute atomic E-state index is 12.1. The predicted octanol–water partition coefficient (Wildman–Crippen LogP) is 4.33. The minimum atomic E-state index is 0.0457. The largest absolute Gasteiger partial charge is 0.497 e. The van der Waals surface area contributed by atoms with E-state index in [2.05, 4.69) is 39.0 Å². The fourth-order valence-electron chi connectivity index (χ4n) is 3.99. The van der Waals surface area contributed by atoms with E-state index in [0.717, 1.165) is 30.2 Å². The highest BCUT2D eigenvalue weighted by atomic mass is 32.1. The maximum atomic E-state index is 12.1. The summed E-state index contributed by atoms with van der Waals surface area (Å²) >= 11 is 5.29. The molecule has 1 saturated heterocycles. The Hall–Kier alpha value is -2.84. The third-order valence-corrected chi connectivity index (χ3v) is 6.13.